The maximum Gasteiger partial charge on any atom is 0.383 e. The molecule has 0 N–H and O–H groups in total. The zero-order valence-electron chi connectivity index (χ0n) is 16.9. The molecule has 2 aromatic rings. The second-order valence-corrected chi connectivity index (χ2v) is 8.88. The number of hydrogen-bond acceptors (Lipinski definition) is 5. The molecule has 2 aromatic heterocycles. The summed E-state index contributed by atoms with van der Waals surface area (Å²) in [6.45, 7) is 5.57. The molecule has 4 rings (SSSR count). The number of aromatic nitrogens is 3. The van der Waals surface area contributed by atoms with Crippen molar-refractivity contribution >= 4 is 17.4 Å². The summed E-state index contributed by atoms with van der Waals surface area (Å²) in [5.41, 5.74) is 3.89. The minimum absolute atomic E-state index is 0.173. The van der Waals surface area contributed by atoms with Crippen molar-refractivity contribution in [2.75, 3.05) is 13.1 Å². The van der Waals surface area contributed by atoms with Gasteiger partial charge in [0, 0.05) is 49.9 Å². The normalized spacial score (nSPS) is 19.1. The predicted molar refractivity (Wildman–Crippen MR) is 112 cm³/mol. The van der Waals surface area contributed by atoms with Crippen LogP contribution in [0.3, 0.4) is 0 Å². The molecule has 2 aliphatic rings. The van der Waals surface area contributed by atoms with Crippen molar-refractivity contribution in [2.24, 2.45) is 5.92 Å². The van der Waals surface area contributed by atoms with Gasteiger partial charge in [-0.25, -0.2) is 0 Å². The van der Waals surface area contributed by atoms with E-state index < -0.39 is 4.92 Å². The minimum Gasteiger partial charge on any atom is -0.358 e. The largest absolute Gasteiger partial charge is 0.383 e. The van der Waals surface area contributed by atoms with Crippen LogP contribution in [0.5, 0.6) is 0 Å². The molecule has 1 aliphatic carbocycles. The van der Waals surface area contributed by atoms with E-state index in [-0.39, 0.29) is 11.1 Å². The molecule has 0 unspecified atom stereocenters. The van der Waals surface area contributed by atoms with E-state index in [0.717, 1.165) is 26.1 Å². The molecule has 0 spiro atoms. The summed E-state index contributed by atoms with van der Waals surface area (Å²) in [4.78, 5) is 21.6. The summed E-state index contributed by atoms with van der Waals surface area (Å²) in [5, 5.41) is 11.0. The summed E-state index contributed by atoms with van der Waals surface area (Å²) < 4.78 is 1.67. The number of nitrogens with zero attached hydrogens (tertiary/aromatic N) is 5. The Hall–Kier alpha value is -1.99. The molecule has 3 heterocycles. The van der Waals surface area contributed by atoms with Crippen molar-refractivity contribution in [3.8, 4) is 0 Å². The van der Waals surface area contributed by atoms with Crippen molar-refractivity contribution in [2.45, 2.75) is 64.5 Å². The van der Waals surface area contributed by atoms with Gasteiger partial charge in [-0.15, -0.1) is 0 Å². The van der Waals surface area contributed by atoms with E-state index in [1.807, 2.05) is 0 Å². The van der Waals surface area contributed by atoms with Crippen molar-refractivity contribution in [3.63, 3.8) is 0 Å². The van der Waals surface area contributed by atoms with Crippen molar-refractivity contribution in [1.82, 2.24) is 19.4 Å². The highest BCUT2D eigenvalue weighted by atomic mass is 35.5. The van der Waals surface area contributed by atoms with E-state index in [0.29, 0.717) is 18.4 Å². The standard InChI is InChI=1S/C21H28ClN5O2/c1-15(12-26-14-20(27(28)29)24-21(26)22)11-25-10-9-19-17(13-25)7-8-18(23-19)16-5-3-2-4-6-16/h7-8,14-16H,2-6,9-13H2,1H3/t15-/m1/s1. The SMILES string of the molecule is C[C@H](CN1CCc2nc(C3CCCCC3)ccc2C1)Cn1cc([N+](=O)[O-])nc1Cl. The Kier molecular flexibility index (Phi) is 6.15. The first-order chi connectivity index (χ1) is 14.0. The molecule has 1 fully saturated rings. The predicted octanol–water partition coefficient (Wildman–Crippen LogP) is 4.58. The van der Waals surface area contributed by atoms with E-state index in [1.165, 1.54) is 55.3 Å². The highest BCUT2D eigenvalue weighted by molar-refractivity contribution is 6.28. The number of halogens is 1. The number of fused-ring (bicyclic) bond motifs is 1. The lowest BCUT2D eigenvalue weighted by atomic mass is 9.86. The van der Waals surface area contributed by atoms with Gasteiger partial charge in [0.05, 0.1) is 0 Å². The molecule has 8 heteroatoms. The van der Waals surface area contributed by atoms with E-state index in [9.17, 15) is 10.1 Å². The van der Waals surface area contributed by atoms with Crippen LogP contribution in [0.4, 0.5) is 5.82 Å². The first-order valence-corrected chi connectivity index (χ1v) is 11.0. The van der Waals surface area contributed by atoms with Crippen LogP contribution >= 0.6 is 11.6 Å². The summed E-state index contributed by atoms with van der Waals surface area (Å²) in [5.74, 6) is 0.752. The molecule has 0 saturated heterocycles. The van der Waals surface area contributed by atoms with Crippen molar-refractivity contribution in [1.29, 1.82) is 0 Å². The van der Waals surface area contributed by atoms with E-state index in [1.54, 1.807) is 4.57 Å². The van der Waals surface area contributed by atoms with Crippen LogP contribution in [0.1, 0.15) is 61.9 Å². The van der Waals surface area contributed by atoms with Crippen molar-refractivity contribution in [3.05, 3.63) is 50.7 Å². The lowest BCUT2D eigenvalue weighted by Crippen LogP contribution is -2.35. The smallest absolute Gasteiger partial charge is 0.358 e. The summed E-state index contributed by atoms with van der Waals surface area (Å²) >= 11 is 6.05. The molecule has 0 bridgehead atoms. The lowest BCUT2D eigenvalue weighted by molar-refractivity contribution is -0.389. The fraction of sp³-hybridized carbons (Fsp3) is 0.619. The van der Waals surface area contributed by atoms with Gasteiger partial charge in [-0.2, -0.15) is 0 Å². The van der Waals surface area contributed by atoms with Crippen LogP contribution in [0.25, 0.3) is 0 Å². The third-order valence-electron chi connectivity index (χ3n) is 6.15. The Bertz CT molecular complexity index is 878. The molecule has 1 atom stereocenters. The maximum absolute atomic E-state index is 10.9. The fourth-order valence-electron chi connectivity index (χ4n) is 4.70. The molecule has 7 nitrogen and oxygen atoms in total. The van der Waals surface area contributed by atoms with Gasteiger partial charge >= 0.3 is 11.1 Å². The molecular formula is C21H28ClN5O2. The Labute approximate surface area is 176 Å². The third-order valence-corrected chi connectivity index (χ3v) is 6.45. The zero-order chi connectivity index (χ0) is 20.4. The molecule has 0 amide bonds. The zero-order valence-corrected chi connectivity index (χ0v) is 17.6. The molecule has 0 radical (unpaired) electrons. The quantitative estimate of drug-likeness (QED) is 0.507. The highest BCUT2D eigenvalue weighted by Crippen LogP contribution is 2.32. The Morgan fingerprint density at radius 3 is 2.76 bits per heavy atom. The number of nitro groups is 1. The highest BCUT2D eigenvalue weighted by Gasteiger charge is 2.23. The molecule has 156 valence electrons. The van der Waals surface area contributed by atoms with Crippen LogP contribution in [-0.2, 0) is 19.5 Å². The van der Waals surface area contributed by atoms with E-state index in [2.05, 4.69) is 28.9 Å². The van der Waals surface area contributed by atoms with Crippen LogP contribution < -0.4 is 0 Å². The van der Waals surface area contributed by atoms with Gasteiger partial charge in [-0.1, -0.05) is 32.3 Å². The Balaban J connectivity index is 1.35. The van der Waals surface area contributed by atoms with Crippen LogP contribution in [-0.4, -0.2) is 37.4 Å². The van der Waals surface area contributed by atoms with Crippen LogP contribution in [0.2, 0.25) is 5.28 Å². The number of imidazole rings is 1. The molecule has 0 aromatic carbocycles. The van der Waals surface area contributed by atoms with Crippen LogP contribution in [0, 0.1) is 16.0 Å². The first kappa shape index (κ1) is 20.3. The third kappa shape index (κ3) is 4.78. The van der Waals surface area contributed by atoms with Gasteiger partial charge in [0.2, 0.25) is 0 Å². The monoisotopic (exact) mass is 417 g/mol. The topological polar surface area (TPSA) is 77.1 Å². The molecule has 1 aliphatic heterocycles. The maximum atomic E-state index is 10.9. The average molecular weight is 418 g/mol. The van der Waals surface area contributed by atoms with Gasteiger partial charge in [-0.05, 0) is 51.9 Å². The second kappa shape index (κ2) is 8.79. The van der Waals surface area contributed by atoms with Crippen LogP contribution in [0.15, 0.2) is 18.3 Å². The molecular weight excluding hydrogens is 390 g/mol. The van der Waals surface area contributed by atoms with Gasteiger partial charge in [0.25, 0.3) is 0 Å². The molecule has 29 heavy (non-hydrogen) atoms. The van der Waals surface area contributed by atoms with E-state index >= 15 is 0 Å². The summed E-state index contributed by atoms with van der Waals surface area (Å²) in [6.07, 6.45) is 9.00. The first-order valence-electron chi connectivity index (χ1n) is 10.6. The molecule has 1 saturated carbocycles. The second-order valence-electron chi connectivity index (χ2n) is 8.54. The fourth-order valence-corrected chi connectivity index (χ4v) is 4.91. The van der Waals surface area contributed by atoms with Gasteiger partial charge in [0.1, 0.15) is 6.20 Å². The number of pyridine rings is 1. The average Bonchev–Trinajstić information content (AvgIpc) is 3.09. The van der Waals surface area contributed by atoms with Gasteiger partial charge < -0.3 is 10.1 Å². The Morgan fingerprint density at radius 2 is 2.03 bits per heavy atom. The van der Waals surface area contributed by atoms with Gasteiger partial charge in [0.15, 0.2) is 0 Å². The summed E-state index contributed by atoms with van der Waals surface area (Å²) in [6, 6.07) is 4.52. The van der Waals surface area contributed by atoms with Gasteiger partial charge in [-0.3, -0.25) is 14.5 Å². The summed E-state index contributed by atoms with van der Waals surface area (Å²) in [7, 11) is 0. The lowest BCUT2D eigenvalue weighted by Gasteiger charge is -2.31. The van der Waals surface area contributed by atoms with Crippen molar-refractivity contribution < 1.29 is 4.92 Å². The Morgan fingerprint density at radius 1 is 1.24 bits per heavy atom. The minimum atomic E-state index is -0.511. The number of rotatable bonds is 6. The van der Waals surface area contributed by atoms with E-state index in [4.69, 9.17) is 16.6 Å². The number of hydrogen-bond donors (Lipinski definition) is 0.